The fourth-order valence-electron chi connectivity index (χ4n) is 3.39. The molecular formula is C13H23NO2. The molecule has 0 radical (unpaired) electrons. The van der Waals surface area contributed by atoms with E-state index in [1.54, 1.807) is 0 Å². The van der Waals surface area contributed by atoms with Gasteiger partial charge in [0.25, 0.3) is 0 Å². The average molecular weight is 225 g/mol. The SMILES string of the molecule is COCC1(CN2C3CCCC2COC3)CC1. The molecule has 3 fully saturated rings. The molecule has 1 saturated carbocycles. The van der Waals surface area contributed by atoms with Crippen molar-refractivity contribution in [3.63, 3.8) is 0 Å². The number of fused-ring (bicyclic) bond motifs is 2. The van der Waals surface area contributed by atoms with Crippen LogP contribution in [0, 0.1) is 5.41 Å². The largest absolute Gasteiger partial charge is 0.384 e. The van der Waals surface area contributed by atoms with Crippen molar-refractivity contribution in [1.29, 1.82) is 0 Å². The lowest BCUT2D eigenvalue weighted by atomic mass is 9.92. The van der Waals surface area contributed by atoms with Crippen LogP contribution in [0.1, 0.15) is 32.1 Å². The molecule has 2 bridgehead atoms. The molecule has 0 spiro atoms. The molecule has 0 amide bonds. The van der Waals surface area contributed by atoms with Crippen LogP contribution in [0.4, 0.5) is 0 Å². The van der Waals surface area contributed by atoms with Crippen molar-refractivity contribution in [2.45, 2.75) is 44.2 Å². The Hall–Kier alpha value is -0.120. The lowest BCUT2D eigenvalue weighted by Gasteiger charge is -2.47. The van der Waals surface area contributed by atoms with Gasteiger partial charge in [0.1, 0.15) is 0 Å². The van der Waals surface area contributed by atoms with Gasteiger partial charge in [0.05, 0.1) is 19.8 Å². The van der Waals surface area contributed by atoms with E-state index in [2.05, 4.69) is 4.90 Å². The standard InChI is InChI=1S/C13H23NO2/c1-15-10-13(5-6-13)9-14-11-3-2-4-12(14)8-16-7-11/h11-12H,2-10H2,1H3. The van der Waals surface area contributed by atoms with Gasteiger partial charge in [0.2, 0.25) is 0 Å². The summed E-state index contributed by atoms with van der Waals surface area (Å²) in [4.78, 5) is 2.74. The summed E-state index contributed by atoms with van der Waals surface area (Å²) in [7, 11) is 1.83. The highest BCUT2D eigenvalue weighted by Gasteiger charge is 2.47. The van der Waals surface area contributed by atoms with Crippen molar-refractivity contribution in [1.82, 2.24) is 4.90 Å². The number of nitrogens with zero attached hydrogens (tertiary/aromatic N) is 1. The van der Waals surface area contributed by atoms with Crippen molar-refractivity contribution >= 4 is 0 Å². The smallest absolute Gasteiger partial charge is 0.0622 e. The van der Waals surface area contributed by atoms with Gasteiger partial charge in [0.15, 0.2) is 0 Å². The number of morpholine rings is 1. The van der Waals surface area contributed by atoms with Gasteiger partial charge in [-0.1, -0.05) is 6.42 Å². The number of rotatable bonds is 4. The van der Waals surface area contributed by atoms with Crippen LogP contribution in [-0.2, 0) is 9.47 Å². The minimum atomic E-state index is 0.500. The molecule has 2 unspecified atom stereocenters. The van der Waals surface area contributed by atoms with E-state index < -0.39 is 0 Å². The fourth-order valence-corrected chi connectivity index (χ4v) is 3.39. The van der Waals surface area contributed by atoms with Gasteiger partial charge < -0.3 is 9.47 Å². The quantitative estimate of drug-likeness (QED) is 0.726. The molecule has 3 heteroatoms. The van der Waals surface area contributed by atoms with E-state index in [-0.39, 0.29) is 0 Å². The molecule has 2 saturated heterocycles. The van der Waals surface area contributed by atoms with Gasteiger partial charge in [-0.2, -0.15) is 0 Å². The summed E-state index contributed by atoms with van der Waals surface area (Å²) in [5.74, 6) is 0. The van der Waals surface area contributed by atoms with Crippen molar-refractivity contribution in [3.05, 3.63) is 0 Å². The van der Waals surface area contributed by atoms with Crippen LogP contribution in [0.15, 0.2) is 0 Å². The molecule has 2 atom stereocenters. The number of methoxy groups -OCH3 is 1. The fraction of sp³-hybridized carbons (Fsp3) is 1.00. The lowest BCUT2D eigenvalue weighted by molar-refractivity contribution is -0.0846. The van der Waals surface area contributed by atoms with Gasteiger partial charge in [-0.25, -0.2) is 0 Å². The highest BCUT2D eigenvalue weighted by molar-refractivity contribution is 4.99. The highest BCUT2D eigenvalue weighted by Crippen LogP contribution is 2.48. The molecule has 1 aliphatic carbocycles. The molecule has 0 aromatic heterocycles. The van der Waals surface area contributed by atoms with Crippen LogP contribution < -0.4 is 0 Å². The predicted molar refractivity (Wildman–Crippen MR) is 62.5 cm³/mol. The topological polar surface area (TPSA) is 21.7 Å². The summed E-state index contributed by atoms with van der Waals surface area (Å²) in [6.07, 6.45) is 6.78. The molecule has 2 heterocycles. The van der Waals surface area contributed by atoms with E-state index in [0.29, 0.717) is 17.5 Å². The van der Waals surface area contributed by atoms with Crippen LogP contribution in [0.5, 0.6) is 0 Å². The zero-order valence-corrected chi connectivity index (χ0v) is 10.3. The van der Waals surface area contributed by atoms with Crippen molar-refractivity contribution in [2.75, 3.05) is 33.5 Å². The normalized spacial score (nSPS) is 37.3. The molecule has 92 valence electrons. The summed E-state index contributed by atoms with van der Waals surface area (Å²) >= 11 is 0. The highest BCUT2D eigenvalue weighted by atomic mass is 16.5. The van der Waals surface area contributed by atoms with Crippen LogP contribution >= 0.6 is 0 Å². The molecule has 16 heavy (non-hydrogen) atoms. The molecule has 0 N–H and O–H groups in total. The maximum Gasteiger partial charge on any atom is 0.0622 e. The van der Waals surface area contributed by atoms with E-state index >= 15 is 0 Å². The first kappa shape index (κ1) is 11.0. The third-order valence-corrected chi connectivity index (χ3v) is 4.56. The Morgan fingerprint density at radius 2 is 1.94 bits per heavy atom. The number of hydrogen-bond donors (Lipinski definition) is 0. The summed E-state index contributed by atoms with van der Waals surface area (Å²) in [5.41, 5.74) is 0.500. The Morgan fingerprint density at radius 3 is 2.50 bits per heavy atom. The summed E-state index contributed by atoms with van der Waals surface area (Å²) in [6, 6.07) is 1.39. The zero-order valence-electron chi connectivity index (χ0n) is 10.3. The van der Waals surface area contributed by atoms with E-state index in [0.717, 1.165) is 19.8 Å². The second-order valence-electron chi connectivity index (χ2n) is 5.88. The molecule has 0 aromatic carbocycles. The van der Waals surface area contributed by atoms with E-state index in [1.165, 1.54) is 38.6 Å². The first-order chi connectivity index (χ1) is 7.83. The van der Waals surface area contributed by atoms with Crippen LogP contribution in [0.25, 0.3) is 0 Å². The third kappa shape index (κ3) is 2.01. The van der Waals surface area contributed by atoms with Crippen molar-refractivity contribution in [3.8, 4) is 0 Å². The zero-order chi connectivity index (χ0) is 11.0. The minimum absolute atomic E-state index is 0.500. The predicted octanol–water partition coefficient (Wildman–Crippen LogP) is 1.67. The molecule has 2 aliphatic heterocycles. The Kier molecular flexibility index (Phi) is 2.94. The van der Waals surface area contributed by atoms with Crippen LogP contribution in [0.2, 0.25) is 0 Å². The Morgan fingerprint density at radius 1 is 1.25 bits per heavy atom. The molecular weight excluding hydrogens is 202 g/mol. The Labute approximate surface area is 98.1 Å². The van der Waals surface area contributed by atoms with Crippen molar-refractivity contribution < 1.29 is 9.47 Å². The van der Waals surface area contributed by atoms with Crippen LogP contribution in [-0.4, -0.2) is 50.5 Å². The molecule has 0 aromatic rings. The maximum absolute atomic E-state index is 5.69. The van der Waals surface area contributed by atoms with E-state index in [1.807, 2.05) is 7.11 Å². The van der Waals surface area contributed by atoms with Gasteiger partial charge in [-0.05, 0) is 25.7 Å². The molecule has 3 aliphatic rings. The molecule has 3 nitrogen and oxygen atoms in total. The second-order valence-corrected chi connectivity index (χ2v) is 5.88. The van der Waals surface area contributed by atoms with Crippen molar-refractivity contribution in [2.24, 2.45) is 5.41 Å². The van der Waals surface area contributed by atoms with E-state index in [9.17, 15) is 0 Å². The first-order valence-electron chi connectivity index (χ1n) is 6.65. The number of hydrogen-bond acceptors (Lipinski definition) is 3. The van der Waals surface area contributed by atoms with Gasteiger partial charge in [-0.3, -0.25) is 4.90 Å². The summed E-state index contributed by atoms with van der Waals surface area (Å²) in [6.45, 7) is 4.11. The van der Waals surface area contributed by atoms with E-state index in [4.69, 9.17) is 9.47 Å². The molecule has 3 rings (SSSR count). The number of ether oxygens (including phenoxy) is 2. The second kappa shape index (κ2) is 4.28. The number of piperidine rings is 1. The van der Waals surface area contributed by atoms with Gasteiger partial charge in [0, 0.05) is 31.2 Å². The van der Waals surface area contributed by atoms with Gasteiger partial charge >= 0.3 is 0 Å². The minimum Gasteiger partial charge on any atom is -0.384 e. The summed E-state index contributed by atoms with van der Waals surface area (Å²) < 4.78 is 11.1. The monoisotopic (exact) mass is 225 g/mol. The third-order valence-electron chi connectivity index (χ3n) is 4.56. The lowest BCUT2D eigenvalue weighted by Crippen LogP contribution is -2.56. The average Bonchev–Trinajstić information content (AvgIpc) is 2.98. The maximum atomic E-state index is 5.69. The Balaban J connectivity index is 1.65. The van der Waals surface area contributed by atoms with Crippen LogP contribution in [0.3, 0.4) is 0 Å². The first-order valence-corrected chi connectivity index (χ1v) is 6.65. The van der Waals surface area contributed by atoms with Gasteiger partial charge in [-0.15, -0.1) is 0 Å². The Bertz CT molecular complexity index is 230. The summed E-state index contributed by atoms with van der Waals surface area (Å²) in [5, 5.41) is 0.